The number of fused-ring (bicyclic) bond motifs is 1. The summed E-state index contributed by atoms with van der Waals surface area (Å²) in [6.07, 6.45) is 3.50. The number of benzene rings is 1. The van der Waals surface area contributed by atoms with E-state index < -0.39 is 12.0 Å². The Kier molecular flexibility index (Phi) is 7.11. The van der Waals surface area contributed by atoms with Crippen LogP contribution in [0.2, 0.25) is 0 Å². The maximum atomic E-state index is 13.5. The first-order valence-electron chi connectivity index (χ1n) is 10.2. The van der Waals surface area contributed by atoms with Gasteiger partial charge in [0.1, 0.15) is 18.4 Å². The van der Waals surface area contributed by atoms with Crippen LogP contribution in [0.15, 0.2) is 73.9 Å². The van der Waals surface area contributed by atoms with E-state index in [2.05, 4.69) is 27.5 Å². The van der Waals surface area contributed by atoms with E-state index in [9.17, 15) is 9.59 Å². The summed E-state index contributed by atoms with van der Waals surface area (Å²) in [5.41, 5.74) is 1.59. The van der Waals surface area contributed by atoms with E-state index >= 15 is 0 Å². The summed E-state index contributed by atoms with van der Waals surface area (Å²) in [6.45, 7) is 7.85. The number of rotatable bonds is 7. The number of ether oxygens (including phenoxy) is 2. The second kappa shape index (κ2) is 10.0. The summed E-state index contributed by atoms with van der Waals surface area (Å²) < 4.78 is 13.8. The van der Waals surface area contributed by atoms with Gasteiger partial charge in [0.25, 0.3) is 5.56 Å². The van der Waals surface area contributed by atoms with Crippen molar-refractivity contribution in [1.82, 2.24) is 4.57 Å². The number of nitrogens with zero attached hydrogens (tertiary/aromatic N) is 2. The second-order valence-electron chi connectivity index (χ2n) is 7.11. The van der Waals surface area contributed by atoms with Gasteiger partial charge in [-0.15, -0.1) is 11.3 Å². The molecule has 9 heteroatoms. The Morgan fingerprint density at radius 1 is 1.36 bits per heavy atom. The largest absolute Gasteiger partial charge is 0.488 e. The number of thiazole rings is 1. The summed E-state index contributed by atoms with van der Waals surface area (Å²) in [5.74, 6) is 0.242. The van der Waals surface area contributed by atoms with Crippen LogP contribution in [-0.4, -0.2) is 23.8 Å². The average molecular weight is 545 g/mol. The van der Waals surface area contributed by atoms with Crippen molar-refractivity contribution in [3.8, 4) is 5.75 Å². The molecule has 0 radical (unpaired) electrons. The standard InChI is InChI=1S/C24H21BrN2O4S2/c1-4-10-31-17-9-8-15(12-16(17)25)13-19-22(28)27-21(18-7-6-11-32-18)20(23(29)30-5-2)14(3)26-24(27)33-19/h4,6-9,11-13,21H,1,5,10H2,2-3H3/b19-13+/t21-/m0/s1. The van der Waals surface area contributed by atoms with Gasteiger partial charge in [-0.05, 0) is 65.0 Å². The quantitative estimate of drug-likeness (QED) is 0.330. The monoisotopic (exact) mass is 544 g/mol. The summed E-state index contributed by atoms with van der Waals surface area (Å²) in [4.78, 5) is 32.3. The number of hydrogen-bond acceptors (Lipinski definition) is 7. The van der Waals surface area contributed by atoms with Crippen LogP contribution >= 0.6 is 38.6 Å². The molecule has 0 spiro atoms. The van der Waals surface area contributed by atoms with Gasteiger partial charge >= 0.3 is 5.97 Å². The Morgan fingerprint density at radius 3 is 2.85 bits per heavy atom. The molecule has 0 amide bonds. The minimum Gasteiger partial charge on any atom is -0.488 e. The smallest absolute Gasteiger partial charge is 0.338 e. The van der Waals surface area contributed by atoms with Gasteiger partial charge in [-0.3, -0.25) is 9.36 Å². The van der Waals surface area contributed by atoms with Crippen molar-refractivity contribution in [3.05, 3.63) is 94.2 Å². The molecule has 6 nitrogen and oxygen atoms in total. The van der Waals surface area contributed by atoms with Crippen molar-refractivity contribution < 1.29 is 14.3 Å². The maximum Gasteiger partial charge on any atom is 0.338 e. The van der Waals surface area contributed by atoms with Crippen molar-refractivity contribution >= 4 is 50.6 Å². The third kappa shape index (κ3) is 4.66. The predicted molar refractivity (Wildman–Crippen MR) is 135 cm³/mol. The van der Waals surface area contributed by atoms with Crippen LogP contribution in [0, 0.1) is 0 Å². The molecule has 0 aliphatic carbocycles. The van der Waals surface area contributed by atoms with Crippen molar-refractivity contribution in [2.75, 3.05) is 13.2 Å². The van der Waals surface area contributed by atoms with Gasteiger partial charge in [0.2, 0.25) is 0 Å². The number of thiophene rings is 1. The molecule has 1 aromatic carbocycles. The predicted octanol–water partition coefficient (Wildman–Crippen LogP) is 4.19. The van der Waals surface area contributed by atoms with Gasteiger partial charge < -0.3 is 9.47 Å². The second-order valence-corrected chi connectivity index (χ2v) is 9.95. The molecule has 3 heterocycles. The first-order chi connectivity index (χ1) is 15.9. The minimum atomic E-state index is -0.566. The normalized spacial score (nSPS) is 15.7. The number of carbonyl (C=O) groups is 1. The summed E-state index contributed by atoms with van der Waals surface area (Å²) in [5, 5.41) is 1.93. The van der Waals surface area contributed by atoms with E-state index in [4.69, 9.17) is 9.47 Å². The Bertz CT molecular complexity index is 1420. The molecule has 0 fully saturated rings. The Labute approximate surface area is 207 Å². The van der Waals surface area contributed by atoms with E-state index in [-0.39, 0.29) is 12.2 Å². The molecule has 0 saturated carbocycles. The lowest BCUT2D eigenvalue weighted by Gasteiger charge is -2.23. The molecule has 4 rings (SSSR count). The van der Waals surface area contributed by atoms with E-state index in [1.807, 2.05) is 41.8 Å². The molecular weight excluding hydrogens is 524 g/mol. The lowest BCUT2D eigenvalue weighted by molar-refractivity contribution is -0.139. The van der Waals surface area contributed by atoms with E-state index in [0.29, 0.717) is 33.0 Å². The van der Waals surface area contributed by atoms with Crippen molar-refractivity contribution in [1.29, 1.82) is 0 Å². The summed E-state index contributed by atoms with van der Waals surface area (Å²) in [7, 11) is 0. The first kappa shape index (κ1) is 23.4. The zero-order valence-corrected chi connectivity index (χ0v) is 21.3. The van der Waals surface area contributed by atoms with Gasteiger partial charge in [0.15, 0.2) is 4.80 Å². The third-order valence-electron chi connectivity index (χ3n) is 4.94. The van der Waals surface area contributed by atoms with Crippen molar-refractivity contribution in [2.24, 2.45) is 4.99 Å². The number of allylic oxidation sites excluding steroid dienone is 1. The molecular formula is C24H21BrN2O4S2. The molecule has 0 bridgehead atoms. The lowest BCUT2D eigenvalue weighted by Crippen LogP contribution is -2.39. The fraction of sp³-hybridized carbons (Fsp3) is 0.208. The highest BCUT2D eigenvalue weighted by Gasteiger charge is 2.33. The Morgan fingerprint density at radius 2 is 2.18 bits per heavy atom. The van der Waals surface area contributed by atoms with E-state index in [1.165, 1.54) is 22.7 Å². The molecule has 0 unspecified atom stereocenters. The molecule has 3 aromatic rings. The number of carbonyl (C=O) groups excluding carboxylic acids is 1. The highest BCUT2D eigenvalue weighted by atomic mass is 79.9. The fourth-order valence-electron chi connectivity index (χ4n) is 3.53. The number of hydrogen-bond donors (Lipinski definition) is 0. The molecule has 33 heavy (non-hydrogen) atoms. The zero-order chi connectivity index (χ0) is 23.5. The topological polar surface area (TPSA) is 69.9 Å². The molecule has 0 N–H and O–H groups in total. The van der Waals surface area contributed by atoms with Gasteiger partial charge in [0.05, 0.1) is 26.9 Å². The molecule has 170 valence electrons. The summed E-state index contributed by atoms with van der Waals surface area (Å²) >= 11 is 6.30. The van der Waals surface area contributed by atoms with Crippen molar-refractivity contribution in [3.63, 3.8) is 0 Å². The number of halogens is 1. The first-order valence-corrected chi connectivity index (χ1v) is 12.7. The average Bonchev–Trinajstić information content (AvgIpc) is 3.41. The Hall–Kier alpha value is -2.75. The number of esters is 1. The molecule has 1 aliphatic heterocycles. The van der Waals surface area contributed by atoms with Crippen LogP contribution < -0.4 is 19.6 Å². The lowest BCUT2D eigenvalue weighted by atomic mass is 10.0. The minimum absolute atomic E-state index is 0.199. The van der Waals surface area contributed by atoms with Gasteiger partial charge in [-0.2, -0.15) is 0 Å². The van der Waals surface area contributed by atoms with Crippen LogP contribution in [-0.2, 0) is 9.53 Å². The number of aromatic nitrogens is 1. The van der Waals surface area contributed by atoms with Gasteiger partial charge in [0, 0.05) is 4.88 Å². The zero-order valence-electron chi connectivity index (χ0n) is 18.0. The molecule has 1 atom stereocenters. The Balaban J connectivity index is 1.84. The molecule has 1 aliphatic rings. The van der Waals surface area contributed by atoms with Crippen LogP contribution in [0.25, 0.3) is 6.08 Å². The SMILES string of the molecule is C=CCOc1ccc(/C=c2/sc3n(c2=O)[C@@H](c2cccs2)C(C(=O)OCC)=C(C)N=3)cc1Br. The highest BCUT2D eigenvalue weighted by molar-refractivity contribution is 9.10. The van der Waals surface area contributed by atoms with Crippen LogP contribution in [0.3, 0.4) is 0 Å². The van der Waals surface area contributed by atoms with Gasteiger partial charge in [-0.1, -0.05) is 36.1 Å². The van der Waals surface area contributed by atoms with E-state index in [0.717, 1.165) is 14.9 Å². The highest BCUT2D eigenvalue weighted by Crippen LogP contribution is 2.33. The molecule has 2 aromatic heterocycles. The fourth-order valence-corrected chi connectivity index (χ4v) is 5.91. The van der Waals surface area contributed by atoms with Gasteiger partial charge in [-0.25, -0.2) is 9.79 Å². The maximum absolute atomic E-state index is 13.5. The van der Waals surface area contributed by atoms with Crippen LogP contribution in [0.1, 0.15) is 30.3 Å². The molecule has 0 saturated heterocycles. The summed E-state index contributed by atoms with van der Waals surface area (Å²) in [6, 6.07) is 8.87. The van der Waals surface area contributed by atoms with Crippen molar-refractivity contribution in [2.45, 2.75) is 19.9 Å². The third-order valence-corrected chi connectivity index (χ3v) is 7.47. The van der Waals surface area contributed by atoms with Crippen LogP contribution in [0.4, 0.5) is 0 Å². The van der Waals surface area contributed by atoms with Crippen LogP contribution in [0.5, 0.6) is 5.75 Å². The van der Waals surface area contributed by atoms with E-state index in [1.54, 1.807) is 24.5 Å².